The molecule has 1 heterocycles. The third kappa shape index (κ3) is 3.00. The van der Waals surface area contributed by atoms with Crippen LogP contribution in [0.3, 0.4) is 0 Å². The van der Waals surface area contributed by atoms with E-state index in [1.807, 2.05) is 12.1 Å². The van der Waals surface area contributed by atoms with Crippen LogP contribution >= 0.6 is 0 Å². The number of likely N-dealkylation sites (tertiary alicyclic amines) is 1. The van der Waals surface area contributed by atoms with Gasteiger partial charge >= 0.3 is 0 Å². The summed E-state index contributed by atoms with van der Waals surface area (Å²) in [6, 6.07) is 7.15. The average Bonchev–Trinajstić information content (AvgIpc) is 2.61. The highest BCUT2D eigenvalue weighted by Gasteiger charge is 2.27. The van der Waals surface area contributed by atoms with Crippen LogP contribution in [0.25, 0.3) is 0 Å². The Morgan fingerprint density at radius 1 is 1.44 bits per heavy atom. The Kier molecular flexibility index (Phi) is 3.50. The summed E-state index contributed by atoms with van der Waals surface area (Å²) in [6.07, 6.45) is 0.707. The van der Waals surface area contributed by atoms with E-state index in [4.69, 9.17) is 5.73 Å². The van der Waals surface area contributed by atoms with Gasteiger partial charge in [0.1, 0.15) is 0 Å². The number of nitrogens with two attached hydrogens (primary N) is 1. The number of hydrogen-bond acceptors (Lipinski definition) is 3. The number of hydrogen-bond donors (Lipinski definition) is 2. The highest BCUT2D eigenvalue weighted by molar-refractivity contribution is 5.83. The van der Waals surface area contributed by atoms with Crippen molar-refractivity contribution < 1.29 is 9.59 Å². The lowest BCUT2D eigenvalue weighted by atomic mass is 10.1. The number of nitrogens with one attached hydrogen (secondary N) is 1. The fraction of sp³-hybridized carbons (Fsp3) is 0.385. The Bertz CT molecular complexity index is 456. The highest BCUT2D eigenvalue weighted by Crippen LogP contribution is 2.10. The van der Waals surface area contributed by atoms with Crippen molar-refractivity contribution >= 4 is 17.5 Å². The maximum absolute atomic E-state index is 11.8. The summed E-state index contributed by atoms with van der Waals surface area (Å²) in [5.74, 6) is 0.0145. The molecular formula is C13H17N3O2. The zero-order valence-electron chi connectivity index (χ0n) is 10.3. The van der Waals surface area contributed by atoms with E-state index in [0.29, 0.717) is 25.1 Å². The normalized spacial score (nSPS) is 19.1. The van der Waals surface area contributed by atoms with E-state index >= 15 is 0 Å². The molecule has 1 aliphatic heterocycles. The predicted octanol–water partition coefficient (Wildman–Crippen LogP) is 0.158. The van der Waals surface area contributed by atoms with Crippen LogP contribution in [0.15, 0.2) is 24.3 Å². The number of nitrogens with zero attached hydrogens (tertiary/aromatic N) is 1. The van der Waals surface area contributed by atoms with E-state index in [0.717, 1.165) is 5.56 Å². The molecule has 0 radical (unpaired) electrons. The van der Waals surface area contributed by atoms with Gasteiger partial charge in [-0.25, -0.2) is 0 Å². The van der Waals surface area contributed by atoms with Crippen molar-refractivity contribution in [1.82, 2.24) is 10.2 Å². The number of anilines is 1. The number of carbonyl (C=O) groups is 2. The molecule has 1 aromatic carbocycles. The molecule has 1 unspecified atom stereocenters. The largest absolute Gasteiger partial charge is 0.399 e. The molecule has 0 aliphatic carbocycles. The number of rotatable bonds is 3. The molecule has 18 heavy (non-hydrogen) atoms. The van der Waals surface area contributed by atoms with Crippen LogP contribution in [-0.4, -0.2) is 36.3 Å². The molecular weight excluding hydrogens is 230 g/mol. The summed E-state index contributed by atoms with van der Waals surface area (Å²) >= 11 is 0. The zero-order chi connectivity index (χ0) is 13.1. The molecule has 1 saturated heterocycles. The van der Waals surface area contributed by atoms with Gasteiger partial charge in [0.05, 0.1) is 12.5 Å². The SMILES string of the molecule is CN1CC(NC(=O)Cc2ccc(N)cc2)CC1=O. The molecule has 2 amide bonds. The molecule has 5 nitrogen and oxygen atoms in total. The molecule has 1 fully saturated rings. The Hall–Kier alpha value is -2.04. The smallest absolute Gasteiger partial charge is 0.224 e. The maximum atomic E-state index is 11.8. The van der Waals surface area contributed by atoms with Gasteiger partial charge < -0.3 is 16.0 Å². The van der Waals surface area contributed by atoms with Gasteiger partial charge in [-0.05, 0) is 17.7 Å². The van der Waals surface area contributed by atoms with Crippen LogP contribution in [0.1, 0.15) is 12.0 Å². The third-order valence-corrected chi connectivity index (χ3v) is 3.05. The number of nitrogen functional groups attached to an aromatic ring is 1. The van der Waals surface area contributed by atoms with E-state index < -0.39 is 0 Å². The number of carbonyl (C=O) groups excluding carboxylic acids is 2. The van der Waals surface area contributed by atoms with E-state index in [1.54, 1.807) is 24.1 Å². The van der Waals surface area contributed by atoms with Crippen molar-refractivity contribution in [2.75, 3.05) is 19.3 Å². The molecule has 0 spiro atoms. The minimum absolute atomic E-state index is 0.0622. The van der Waals surface area contributed by atoms with E-state index in [2.05, 4.69) is 5.32 Å². The lowest BCUT2D eigenvalue weighted by Gasteiger charge is -2.12. The van der Waals surface area contributed by atoms with Crippen molar-refractivity contribution in [3.05, 3.63) is 29.8 Å². The first-order chi connectivity index (χ1) is 8.54. The van der Waals surface area contributed by atoms with Crippen LogP contribution in [0.5, 0.6) is 0 Å². The van der Waals surface area contributed by atoms with Crippen LogP contribution in [0.2, 0.25) is 0 Å². The van der Waals surface area contributed by atoms with Crippen LogP contribution in [0.4, 0.5) is 5.69 Å². The molecule has 2 rings (SSSR count). The van der Waals surface area contributed by atoms with Crippen molar-refractivity contribution in [2.45, 2.75) is 18.9 Å². The second kappa shape index (κ2) is 5.08. The van der Waals surface area contributed by atoms with Gasteiger partial charge in [0.15, 0.2) is 0 Å². The van der Waals surface area contributed by atoms with Crippen molar-refractivity contribution in [2.24, 2.45) is 0 Å². The summed E-state index contributed by atoms with van der Waals surface area (Å²) in [7, 11) is 1.74. The first kappa shape index (κ1) is 12.4. The predicted molar refractivity (Wildman–Crippen MR) is 68.7 cm³/mol. The molecule has 1 aliphatic rings. The van der Waals surface area contributed by atoms with Crippen molar-refractivity contribution in [3.63, 3.8) is 0 Å². The second-order valence-electron chi connectivity index (χ2n) is 4.66. The zero-order valence-corrected chi connectivity index (χ0v) is 10.3. The molecule has 96 valence electrons. The summed E-state index contributed by atoms with van der Waals surface area (Å²) < 4.78 is 0. The van der Waals surface area contributed by atoms with Gasteiger partial charge in [-0.1, -0.05) is 12.1 Å². The summed E-state index contributed by atoms with van der Waals surface area (Å²) in [5, 5.41) is 2.87. The van der Waals surface area contributed by atoms with Gasteiger partial charge in [-0.3, -0.25) is 9.59 Å². The Morgan fingerprint density at radius 2 is 2.11 bits per heavy atom. The van der Waals surface area contributed by atoms with Gasteiger partial charge in [0, 0.05) is 25.7 Å². The minimum Gasteiger partial charge on any atom is -0.399 e. The number of amides is 2. The Labute approximate surface area is 106 Å². The maximum Gasteiger partial charge on any atom is 0.224 e. The Morgan fingerprint density at radius 3 is 2.67 bits per heavy atom. The summed E-state index contributed by atoms with van der Waals surface area (Å²) in [4.78, 5) is 24.8. The lowest BCUT2D eigenvalue weighted by molar-refractivity contribution is -0.126. The van der Waals surface area contributed by atoms with Crippen molar-refractivity contribution in [3.8, 4) is 0 Å². The quantitative estimate of drug-likeness (QED) is 0.747. The van der Waals surface area contributed by atoms with E-state index in [1.165, 1.54) is 0 Å². The van der Waals surface area contributed by atoms with Crippen molar-refractivity contribution in [1.29, 1.82) is 0 Å². The second-order valence-corrected chi connectivity index (χ2v) is 4.66. The van der Waals surface area contributed by atoms with Gasteiger partial charge in [-0.15, -0.1) is 0 Å². The minimum atomic E-state index is -0.0659. The molecule has 0 saturated carbocycles. The molecule has 1 aromatic rings. The highest BCUT2D eigenvalue weighted by atomic mass is 16.2. The molecule has 1 atom stereocenters. The lowest BCUT2D eigenvalue weighted by Crippen LogP contribution is -2.37. The topological polar surface area (TPSA) is 75.4 Å². The van der Waals surface area contributed by atoms with Gasteiger partial charge in [0.25, 0.3) is 0 Å². The fourth-order valence-corrected chi connectivity index (χ4v) is 2.06. The Balaban J connectivity index is 1.86. The first-order valence-corrected chi connectivity index (χ1v) is 5.92. The monoisotopic (exact) mass is 247 g/mol. The van der Waals surface area contributed by atoms with Crippen LogP contribution in [-0.2, 0) is 16.0 Å². The number of benzene rings is 1. The van der Waals surface area contributed by atoms with E-state index in [-0.39, 0.29) is 17.9 Å². The van der Waals surface area contributed by atoms with Crippen LogP contribution in [0, 0.1) is 0 Å². The first-order valence-electron chi connectivity index (χ1n) is 5.92. The summed E-state index contributed by atoms with van der Waals surface area (Å²) in [6.45, 7) is 0.590. The molecule has 0 bridgehead atoms. The molecule has 5 heteroatoms. The standard InChI is InChI=1S/C13H17N3O2/c1-16-8-11(7-13(16)18)15-12(17)6-9-2-4-10(14)5-3-9/h2-5,11H,6-8,14H2,1H3,(H,15,17). The average molecular weight is 247 g/mol. The third-order valence-electron chi connectivity index (χ3n) is 3.05. The molecule has 0 aromatic heterocycles. The fourth-order valence-electron chi connectivity index (χ4n) is 2.06. The van der Waals surface area contributed by atoms with Crippen LogP contribution < -0.4 is 11.1 Å². The summed E-state index contributed by atoms with van der Waals surface area (Å²) in [5.41, 5.74) is 7.18. The van der Waals surface area contributed by atoms with Gasteiger partial charge in [-0.2, -0.15) is 0 Å². The number of likely N-dealkylation sites (N-methyl/N-ethyl adjacent to an activating group) is 1. The van der Waals surface area contributed by atoms with E-state index in [9.17, 15) is 9.59 Å². The molecule has 3 N–H and O–H groups in total. The van der Waals surface area contributed by atoms with Gasteiger partial charge in [0.2, 0.25) is 11.8 Å².